The number of hydrogen-bond donors (Lipinski definition) is 1. The predicted molar refractivity (Wildman–Crippen MR) is 95.9 cm³/mol. The Bertz CT molecular complexity index is 839. The van der Waals surface area contributed by atoms with E-state index >= 15 is 0 Å². The lowest BCUT2D eigenvalue weighted by Gasteiger charge is -2.20. The molecule has 1 aromatic heterocycles. The monoisotopic (exact) mass is 322 g/mol. The van der Waals surface area contributed by atoms with Crippen molar-refractivity contribution in [2.45, 2.75) is 12.5 Å². The number of aliphatic hydroxyl groups is 1. The minimum Gasteiger partial charge on any atom is -0.388 e. The van der Waals surface area contributed by atoms with E-state index in [1.165, 1.54) is 0 Å². The molecule has 0 unspecified atom stereocenters. The SMILES string of the molecule is CN(CC[C@H](O)c1ccccc1)C(=O)c1cccc2c1ccn2C. The molecule has 0 aliphatic rings. The number of nitrogens with zero attached hydrogens (tertiary/aromatic N) is 2. The van der Waals surface area contributed by atoms with Gasteiger partial charge in [-0.1, -0.05) is 36.4 Å². The van der Waals surface area contributed by atoms with Gasteiger partial charge in [0.05, 0.1) is 6.10 Å². The van der Waals surface area contributed by atoms with Gasteiger partial charge in [-0.25, -0.2) is 0 Å². The van der Waals surface area contributed by atoms with E-state index in [2.05, 4.69) is 0 Å². The van der Waals surface area contributed by atoms with E-state index in [9.17, 15) is 9.90 Å². The fourth-order valence-electron chi connectivity index (χ4n) is 2.95. The second-order valence-corrected chi connectivity index (χ2v) is 6.11. The van der Waals surface area contributed by atoms with Gasteiger partial charge >= 0.3 is 0 Å². The second-order valence-electron chi connectivity index (χ2n) is 6.11. The first-order valence-corrected chi connectivity index (χ1v) is 8.10. The van der Waals surface area contributed by atoms with Crippen LogP contribution in [0.3, 0.4) is 0 Å². The lowest BCUT2D eigenvalue weighted by molar-refractivity contribution is 0.0763. The Morgan fingerprint density at radius 3 is 2.62 bits per heavy atom. The summed E-state index contributed by atoms with van der Waals surface area (Å²) in [7, 11) is 3.75. The highest BCUT2D eigenvalue weighted by Crippen LogP contribution is 2.21. The molecule has 24 heavy (non-hydrogen) atoms. The highest BCUT2D eigenvalue weighted by atomic mass is 16.3. The molecule has 0 aliphatic heterocycles. The third-order valence-electron chi connectivity index (χ3n) is 4.43. The average Bonchev–Trinajstić information content (AvgIpc) is 3.01. The zero-order valence-corrected chi connectivity index (χ0v) is 14.0. The fraction of sp³-hybridized carbons (Fsp3) is 0.250. The van der Waals surface area contributed by atoms with Crippen molar-refractivity contribution in [3.63, 3.8) is 0 Å². The maximum absolute atomic E-state index is 12.8. The molecule has 0 fully saturated rings. The number of hydrogen-bond acceptors (Lipinski definition) is 2. The molecule has 0 aliphatic carbocycles. The summed E-state index contributed by atoms with van der Waals surface area (Å²) in [5, 5.41) is 11.2. The first kappa shape index (κ1) is 16.3. The lowest BCUT2D eigenvalue weighted by atomic mass is 10.1. The summed E-state index contributed by atoms with van der Waals surface area (Å²) in [5.74, 6) is -0.0212. The highest BCUT2D eigenvalue weighted by molar-refractivity contribution is 6.06. The Morgan fingerprint density at radius 1 is 1.12 bits per heavy atom. The smallest absolute Gasteiger partial charge is 0.254 e. The lowest BCUT2D eigenvalue weighted by Crippen LogP contribution is -2.28. The number of benzene rings is 2. The van der Waals surface area contributed by atoms with Crippen LogP contribution in [0.4, 0.5) is 0 Å². The van der Waals surface area contributed by atoms with Crippen molar-refractivity contribution in [1.29, 1.82) is 0 Å². The number of fused-ring (bicyclic) bond motifs is 1. The van der Waals surface area contributed by atoms with E-state index < -0.39 is 6.10 Å². The summed E-state index contributed by atoms with van der Waals surface area (Å²) in [6.07, 6.45) is 1.91. The molecule has 0 radical (unpaired) electrons. The van der Waals surface area contributed by atoms with Crippen LogP contribution < -0.4 is 0 Å². The van der Waals surface area contributed by atoms with Crippen LogP contribution in [0.5, 0.6) is 0 Å². The molecule has 0 saturated carbocycles. The minimum absolute atomic E-state index is 0.0212. The van der Waals surface area contributed by atoms with Crippen LogP contribution in [0.1, 0.15) is 28.4 Å². The first-order valence-electron chi connectivity index (χ1n) is 8.10. The van der Waals surface area contributed by atoms with Crippen molar-refractivity contribution in [1.82, 2.24) is 9.47 Å². The largest absolute Gasteiger partial charge is 0.388 e. The van der Waals surface area contributed by atoms with Gasteiger partial charge in [0, 0.05) is 43.3 Å². The standard InChI is InChI=1S/C20H22N2O2/c1-21-13-11-16-17(9-6-10-18(16)21)20(24)22(2)14-12-19(23)15-7-4-3-5-8-15/h3-11,13,19,23H,12,14H2,1-2H3/t19-/m0/s1. The Morgan fingerprint density at radius 2 is 1.88 bits per heavy atom. The van der Waals surface area contributed by atoms with Gasteiger partial charge in [0.25, 0.3) is 5.91 Å². The molecular formula is C20H22N2O2. The van der Waals surface area contributed by atoms with Crippen LogP contribution in [-0.2, 0) is 7.05 Å². The van der Waals surface area contributed by atoms with Crippen LogP contribution in [0, 0.1) is 0 Å². The normalized spacial score (nSPS) is 12.3. The number of aryl methyl sites for hydroxylation is 1. The molecule has 3 aromatic rings. The predicted octanol–water partition coefficient (Wildman–Crippen LogP) is 3.37. The summed E-state index contributed by atoms with van der Waals surface area (Å²) < 4.78 is 2.01. The van der Waals surface area contributed by atoms with Gasteiger partial charge in [-0.2, -0.15) is 0 Å². The average molecular weight is 322 g/mol. The van der Waals surface area contributed by atoms with Crippen molar-refractivity contribution < 1.29 is 9.90 Å². The quantitative estimate of drug-likeness (QED) is 0.783. The van der Waals surface area contributed by atoms with E-state index in [1.54, 1.807) is 11.9 Å². The number of carbonyl (C=O) groups excluding carboxylic acids is 1. The van der Waals surface area contributed by atoms with E-state index in [1.807, 2.05) is 72.4 Å². The van der Waals surface area contributed by atoms with Gasteiger partial charge in [-0.15, -0.1) is 0 Å². The van der Waals surface area contributed by atoms with Crippen LogP contribution in [0.25, 0.3) is 10.9 Å². The molecule has 124 valence electrons. The Hall–Kier alpha value is -2.59. The molecule has 0 bridgehead atoms. The molecule has 4 heteroatoms. The zero-order chi connectivity index (χ0) is 17.1. The van der Waals surface area contributed by atoms with Crippen molar-refractivity contribution in [2.24, 2.45) is 7.05 Å². The van der Waals surface area contributed by atoms with Crippen molar-refractivity contribution in [2.75, 3.05) is 13.6 Å². The summed E-state index contributed by atoms with van der Waals surface area (Å²) in [6.45, 7) is 0.498. The van der Waals surface area contributed by atoms with Gasteiger partial charge in [-0.05, 0) is 30.2 Å². The van der Waals surface area contributed by atoms with Crippen LogP contribution in [0.2, 0.25) is 0 Å². The Labute approximate surface area is 141 Å². The third kappa shape index (κ3) is 3.19. The summed E-state index contributed by atoms with van der Waals surface area (Å²) >= 11 is 0. The topological polar surface area (TPSA) is 45.5 Å². The fourth-order valence-corrected chi connectivity index (χ4v) is 2.95. The molecular weight excluding hydrogens is 300 g/mol. The molecule has 1 amide bonds. The molecule has 2 aromatic carbocycles. The number of amides is 1. The summed E-state index contributed by atoms with van der Waals surface area (Å²) in [6, 6.07) is 17.3. The van der Waals surface area contributed by atoms with Gasteiger partial charge in [0.2, 0.25) is 0 Å². The summed E-state index contributed by atoms with van der Waals surface area (Å²) in [5.41, 5.74) is 2.62. The molecule has 1 atom stereocenters. The second kappa shape index (κ2) is 6.89. The first-order chi connectivity index (χ1) is 11.6. The van der Waals surface area contributed by atoms with Crippen molar-refractivity contribution in [3.8, 4) is 0 Å². The van der Waals surface area contributed by atoms with Gasteiger partial charge < -0.3 is 14.6 Å². The maximum atomic E-state index is 12.8. The van der Waals surface area contributed by atoms with Crippen molar-refractivity contribution in [3.05, 3.63) is 71.9 Å². The van der Waals surface area contributed by atoms with E-state index in [0.717, 1.165) is 16.5 Å². The van der Waals surface area contributed by atoms with Gasteiger partial charge in [-0.3, -0.25) is 4.79 Å². The van der Waals surface area contributed by atoms with Crippen molar-refractivity contribution >= 4 is 16.8 Å². The highest BCUT2D eigenvalue weighted by Gasteiger charge is 2.17. The number of aromatic nitrogens is 1. The zero-order valence-electron chi connectivity index (χ0n) is 14.0. The number of rotatable bonds is 5. The van der Waals surface area contributed by atoms with E-state index in [0.29, 0.717) is 18.5 Å². The van der Waals surface area contributed by atoms with Crippen LogP contribution in [0.15, 0.2) is 60.8 Å². The molecule has 1 N–H and O–H groups in total. The molecule has 1 heterocycles. The van der Waals surface area contributed by atoms with E-state index in [4.69, 9.17) is 0 Å². The third-order valence-corrected chi connectivity index (χ3v) is 4.43. The van der Waals surface area contributed by atoms with Crippen LogP contribution >= 0.6 is 0 Å². The minimum atomic E-state index is -0.561. The summed E-state index contributed by atoms with van der Waals surface area (Å²) in [4.78, 5) is 14.4. The van der Waals surface area contributed by atoms with Gasteiger partial charge in [0.15, 0.2) is 0 Å². The number of carbonyl (C=O) groups is 1. The van der Waals surface area contributed by atoms with E-state index in [-0.39, 0.29) is 5.91 Å². The Kier molecular flexibility index (Phi) is 4.67. The molecule has 0 saturated heterocycles. The molecule has 3 rings (SSSR count). The van der Waals surface area contributed by atoms with Crippen LogP contribution in [-0.4, -0.2) is 34.1 Å². The number of aliphatic hydroxyl groups excluding tert-OH is 1. The Balaban J connectivity index is 1.70. The van der Waals surface area contributed by atoms with Gasteiger partial charge in [0.1, 0.15) is 0 Å². The molecule has 0 spiro atoms. The molecule has 4 nitrogen and oxygen atoms in total. The maximum Gasteiger partial charge on any atom is 0.254 e.